The number of hydrogen-bond acceptors (Lipinski definition) is 7. The van der Waals surface area contributed by atoms with E-state index in [1.165, 1.54) is 28.9 Å². The van der Waals surface area contributed by atoms with Crippen LogP contribution < -0.4 is 15.0 Å². The average Bonchev–Trinajstić information content (AvgIpc) is 3.10. The number of ether oxygens (including phenoxy) is 3. The number of esters is 1. The van der Waals surface area contributed by atoms with E-state index in [-0.39, 0.29) is 12.2 Å². The molecule has 0 bridgehead atoms. The molecule has 2 aromatic heterocycles. The summed E-state index contributed by atoms with van der Waals surface area (Å²) in [6.07, 6.45) is 1.65. The molecule has 26 heavy (non-hydrogen) atoms. The molecule has 3 rings (SSSR count). The molecule has 136 valence electrons. The average molecular weight is 439 g/mol. The van der Waals surface area contributed by atoms with Crippen LogP contribution >= 0.6 is 27.3 Å². The molecule has 0 aliphatic rings. The number of aromatic nitrogens is 2. The lowest BCUT2D eigenvalue weighted by Gasteiger charge is -2.13. The van der Waals surface area contributed by atoms with Crippen molar-refractivity contribution in [1.29, 1.82) is 0 Å². The maximum absolute atomic E-state index is 12.4. The largest absolute Gasteiger partial charge is 0.493 e. The van der Waals surface area contributed by atoms with Gasteiger partial charge in [-0.2, -0.15) is 0 Å². The molecule has 0 N–H and O–H groups in total. The lowest BCUT2D eigenvalue weighted by atomic mass is 10.2. The fourth-order valence-electron chi connectivity index (χ4n) is 2.31. The number of methoxy groups -OCH3 is 1. The fourth-order valence-corrected chi connectivity index (χ4v) is 3.60. The highest BCUT2D eigenvalue weighted by Crippen LogP contribution is 2.36. The molecular formula is C17H15BrN2O5S. The molecule has 2 heterocycles. The lowest BCUT2D eigenvalue weighted by molar-refractivity contribution is 0.0467. The first-order chi connectivity index (χ1) is 12.5. The summed E-state index contributed by atoms with van der Waals surface area (Å²) in [5.74, 6) is 0.383. The quantitative estimate of drug-likeness (QED) is 0.549. The van der Waals surface area contributed by atoms with Gasteiger partial charge in [-0.25, -0.2) is 9.78 Å². The van der Waals surface area contributed by atoms with E-state index in [4.69, 9.17) is 14.2 Å². The van der Waals surface area contributed by atoms with Crippen molar-refractivity contribution in [3.63, 3.8) is 0 Å². The highest BCUT2D eigenvalue weighted by Gasteiger charge is 2.17. The minimum atomic E-state index is -0.555. The maximum atomic E-state index is 12.4. The zero-order valence-electron chi connectivity index (χ0n) is 14.0. The smallest absolute Gasteiger partial charge is 0.338 e. The number of nitrogens with zero attached hydrogens (tertiary/aromatic N) is 2. The van der Waals surface area contributed by atoms with E-state index in [1.54, 1.807) is 23.7 Å². The second-order valence-electron chi connectivity index (χ2n) is 5.14. The van der Waals surface area contributed by atoms with E-state index in [1.807, 2.05) is 6.92 Å². The molecule has 9 heteroatoms. The van der Waals surface area contributed by atoms with Gasteiger partial charge in [0.15, 0.2) is 16.5 Å². The molecule has 0 spiro atoms. The van der Waals surface area contributed by atoms with Crippen molar-refractivity contribution in [2.75, 3.05) is 13.7 Å². The van der Waals surface area contributed by atoms with Crippen LogP contribution in [0, 0.1) is 0 Å². The molecule has 0 unspecified atom stereocenters. The van der Waals surface area contributed by atoms with Gasteiger partial charge >= 0.3 is 5.97 Å². The SMILES string of the molecule is CCOc1c(Br)cc(C(=O)OCc2cc(=O)n3ccsc3n2)cc1OC. The number of thiazole rings is 1. The van der Waals surface area contributed by atoms with E-state index < -0.39 is 5.97 Å². The Hall–Kier alpha value is -2.39. The number of carbonyl (C=O) groups is 1. The molecule has 1 aromatic carbocycles. The van der Waals surface area contributed by atoms with Crippen molar-refractivity contribution < 1.29 is 19.0 Å². The van der Waals surface area contributed by atoms with Crippen LogP contribution in [0.25, 0.3) is 4.96 Å². The number of carbonyl (C=O) groups excluding carboxylic acids is 1. The number of rotatable bonds is 6. The van der Waals surface area contributed by atoms with Gasteiger partial charge in [-0.3, -0.25) is 9.20 Å². The fraction of sp³-hybridized carbons (Fsp3) is 0.235. The van der Waals surface area contributed by atoms with Gasteiger partial charge in [0.1, 0.15) is 6.61 Å². The summed E-state index contributed by atoms with van der Waals surface area (Å²) in [5.41, 5.74) is 0.474. The van der Waals surface area contributed by atoms with Gasteiger partial charge in [0.2, 0.25) is 0 Å². The lowest BCUT2D eigenvalue weighted by Crippen LogP contribution is -2.14. The predicted octanol–water partition coefficient (Wildman–Crippen LogP) is 3.28. The maximum Gasteiger partial charge on any atom is 0.338 e. The Morgan fingerprint density at radius 1 is 1.35 bits per heavy atom. The number of hydrogen-bond donors (Lipinski definition) is 0. The number of benzene rings is 1. The van der Waals surface area contributed by atoms with Crippen molar-refractivity contribution in [3.05, 3.63) is 55.9 Å². The summed E-state index contributed by atoms with van der Waals surface area (Å²) >= 11 is 4.70. The van der Waals surface area contributed by atoms with Gasteiger partial charge in [0.25, 0.3) is 5.56 Å². The molecular weight excluding hydrogens is 424 g/mol. The van der Waals surface area contributed by atoms with Crippen molar-refractivity contribution in [1.82, 2.24) is 9.38 Å². The van der Waals surface area contributed by atoms with E-state index in [0.717, 1.165) is 0 Å². The highest BCUT2D eigenvalue weighted by atomic mass is 79.9. The van der Waals surface area contributed by atoms with Crippen molar-refractivity contribution in [3.8, 4) is 11.5 Å². The second-order valence-corrected chi connectivity index (χ2v) is 6.87. The molecule has 3 aromatic rings. The van der Waals surface area contributed by atoms with Crippen molar-refractivity contribution in [2.45, 2.75) is 13.5 Å². The Balaban J connectivity index is 1.79. The van der Waals surface area contributed by atoms with Crippen LogP contribution in [0.2, 0.25) is 0 Å². The zero-order valence-corrected chi connectivity index (χ0v) is 16.4. The first kappa shape index (κ1) is 18.4. The minimum absolute atomic E-state index is 0.102. The van der Waals surface area contributed by atoms with E-state index >= 15 is 0 Å². The van der Waals surface area contributed by atoms with Gasteiger partial charge in [0, 0.05) is 17.6 Å². The second kappa shape index (κ2) is 7.88. The van der Waals surface area contributed by atoms with Gasteiger partial charge < -0.3 is 14.2 Å². The monoisotopic (exact) mass is 438 g/mol. The molecule has 0 fully saturated rings. The Bertz CT molecular complexity index is 1010. The van der Waals surface area contributed by atoms with Gasteiger partial charge in [0.05, 0.1) is 29.4 Å². The van der Waals surface area contributed by atoms with Gasteiger partial charge in [-0.1, -0.05) is 0 Å². The van der Waals surface area contributed by atoms with Crippen molar-refractivity contribution in [2.24, 2.45) is 0 Å². The Labute approximate surface area is 161 Å². The Kier molecular flexibility index (Phi) is 5.58. The van der Waals surface area contributed by atoms with Crippen LogP contribution in [0.1, 0.15) is 23.0 Å². The molecule has 0 atom stereocenters. The van der Waals surface area contributed by atoms with Crippen LogP contribution in [0.5, 0.6) is 11.5 Å². The third-order valence-corrected chi connectivity index (χ3v) is 4.81. The Morgan fingerprint density at radius 3 is 2.88 bits per heavy atom. The summed E-state index contributed by atoms with van der Waals surface area (Å²) in [5, 5.41) is 1.77. The molecule has 0 aliphatic carbocycles. The van der Waals surface area contributed by atoms with Crippen LogP contribution in [-0.4, -0.2) is 29.1 Å². The first-order valence-corrected chi connectivity index (χ1v) is 9.34. The molecule has 0 amide bonds. The van der Waals surface area contributed by atoms with E-state index in [9.17, 15) is 9.59 Å². The van der Waals surface area contributed by atoms with Gasteiger partial charge in [-0.15, -0.1) is 11.3 Å². The highest BCUT2D eigenvalue weighted by molar-refractivity contribution is 9.10. The topological polar surface area (TPSA) is 79.1 Å². The van der Waals surface area contributed by atoms with E-state index in [2.05, 4.69) is 20.9 Å². The summed E-state index contributed by atoms with van der Waals surface area (Å²) in [7, 11) is 1.49. The van der Waals surface area contributed by atoms with Crippen molar-refractivity contribution >= 4 is 38.2 Å². The standard InChI is InChI=1S/C17H15BrN2O5S/c1-3-24-15-12(18)6-10(7-13(15)23-2)16(22)25-9-11-8-14(21)20-4-5-26-17(20)19-11/h4-8H,3,9H2,1-2H3. The third kappa shape index (κ3) is 3.73. The predicted molar refractivity (Wildman–Crippen MR) is 100 cm³/mol. The van der Waals surface area contributed by atoms with Gasteiger partial charge in [-0.05, 0) is 35.0 Å². The summed E-state index contributed by atoms with van der Waals surface area (Å²) in [4.78, 5) is 29.2. The van der Waals surface area contributed by atoms with Crippen LogP contribution in [0.15, 0.2) is 39.0 Å². The number of halogens is 1. The molecule has 0 aliphatic heterocycles. The normalized spacial score (nSPS) is 10.7. The molecule has 0 saturated heterocycles. The molecule has 0 radical (unpaired) electrons. The molecule has 0 saturated carbocycles. The molecule has 7 nitrogen and oxygen atoms in total. The van der Waals surface area contributed by atoms with E-state index in [0.29, 0.717) is 38.8 Å². The summed E-state index contributed by atoms with van der Waals surface area (Å²) < 4.78 is 18.1. The van der Waals surface area contributed by atoms with Crippen LogP contribution in [0.4, 0.5) is 0 Å². The third-order valence-electron chi connectivity index (χ3n) is 3.46. The summed E-state index contributed by atoms with van der Waals surface area (Å²) in [6, 6.07) is 4.49. The van der Waals surface area contributed by atoms with Crippen LogP contribution in [-0.2, 0) is 11.3 Å². The minimum Gasteiger partial charge on any atom is -0.493 e. The van der Waals surface area contributed by atoms with Crippen LogP contribution in [0.3, 0.4) is 0 Å². The number of fused-ring (bicyclic) bond motifs is 1. The zero-order chi connectivity index (χ0) is 18.7. The first-order valence-electron chi connectivity index (χ1n) is 7.66. The Morgan fingerprint density at radius 2 is 2.15 bits per heavy atom. The summed E-state index contributed by atoms with van der Waals surface area (Å²) in [6.45, 7) is 2.22.